The Labute approximate surface area is 138 Å². The van der Waals surface area contributed by atoms with Crippen LogP contribution in [0.4, 0.5) is 0 Å². The number of benzene rings is 1. The number of nitrogens with one attached hydrogen (secondary N) is 1. The predicted molar refractivity (Wildman–Crippen MR) is 86.7 cm³/mol. The molecule has 0 atom stereocenters. The molecule has 1 heterocycles. The Morgan fingerprint density at radius 3 is 2.57 bits per heavy atom. The Balaban J connectivity index is 2.09. The number of nitriles is 1. The summed E-state index contributed by atoms with van der Waals surface area (Å²) in [5.74, 6) is 0.0304. The number of esters is 1. The largest absolute Gasteiger partial charge is 0.427 e. The number of H-pyrrole nitrogens is 1. The highest BCUT2D eigenvalue weighted by Gasteiger charge is 2.14. The summed E-state index contributed by atoms with van der Waals surface area (Å²) in [5.41, 5.74) is 1.72. The molecule has 2 rings (SSSR count). The van der Waals surface area contributed by atoms with Gasteiger partial charge < -0.3 is 9.72 Å². The first-order valence-corrected chi connectivity index (χ1v) is 7.39. The van der Waals surface area contributed by atoms with Gasteiger partial charge in [-0.15, -0.1) is 0 Å². The van der Waals surface area contributed by atoms with E-state index in [0.29, 0.717) is 28.5 Å². The molecule has 0 amide bonds. The van der Waals surface area contributed by atoms with Crippen molar-refractivity contribution in [1.82, 2.24) is 4.98 Å². The van der Waals surface area contributed by atoms with E-state index in [0.717, 1.165) is 5.56 Å². The number of hydrogen-bond donors (Lipinski definition) is 1. The van der Waals surface area contributed by atoms with E-state index in [1.807, 2.05) is 6.07 Å². The van der Waals surface area contributed by atoms with E-state index in [2.05, 4.69) is 4.98 Å². The first kappa shape index (κ1) is 16.8. The van der Waals surface area contributed by atoms with Gasteiger partial charge in [-0.2, -0.15) is 5.26 Å². The lowest BCUT2D eigenvalue weighted by Crippen LogP contribution is -2.18. The zero-order valence-electron chi connectivity index (χ0n) is 12.8. The number of aromatic nitrogens is 1. The van der Waals surface area contributed by atoms with Crippen LogP contribution in [0.5, 0.6) is 5.75 Å². The highest BCUT2D eigenvalue weighted by atomic mass is 35.5. The number of aromatic amines is 1. The van der Waals surface area contributed by atoms with Gasteiger partial charge in [-0.05, 0) is 55.7 Å². The fourth-order valence-corrected chi connectivity index (χ4v) is 2.46. The number of pyridine rings is 1. The number of hydrogen-bond acceptors (Lipinski definition) is 4. The molecule has 0 aliphatic heterocycles. The van der Waals surface area contributed by atoms with Crippen molar-refractivity contribution in [2.75, 3.05) is 0 Å². The van der Waals surface area contributed by atoms with Crippen LogP contribution in [-0.4, -0.2) is 11.0 Å². The summed E-state index contributed by atoms with van der Waals surface area (Å²) in [4.78, 5) is 26.2. The average molecular weight is 331 g/mol. The van der Waals surface area contributed by atoms with Crippen LogP contribution < -0.4 is 10.3 Å². The molecule has 0 spiro atoms. The molecule has 1 N–H and O–H groups in total. The Morgan fingerprint density at radius 2 is 1.96 bits per heavy atom. The smallest absolute Gasteiger partial charge is 0.311 e. The molecule has 0 saturated heterocycles. The van der Waals surface area contributed by atoms with Crippen molar-refractivity contribution < 1.29 is 9.53 Å². The number of nitrogens with zero attached hydrogens (tertiary/aromatic N) is 1. The maximum absolute atomic E-state index is 11.9. The molecular formula is C17H15ClN2O3. The number of rotatable bonds is 4. The maximum atomic E-state index is 11.9. The summed E-state index contributed by atoms with van der Waals surface area (Å²) >= 11 is 5.77. The highest BCUT2D eigenvalue weighted by molar-refractivity contribution is 6.30. The molecule has 5 nitrogen and oxygen atoms in total. The summed E-state index contributed by atoms with van der Waals surface area (Å²) in [7, 11) is 0. The zero-order valence-corrected chi connectivity index (χ0v) is 13.5. The fourth-order valence-electron chi connectivity index (χ4n) is 2.33. The van der Waals surface area contributed by atoms with E-state index in [1.165, 1.54) is 0 Å². The van der Waals surface area contributed by atoms with Crippen molar-refractivity contribution in [2.24, 2.45) is 0 Å². The lowest BCUT2D eigenvalue weighted by molar-refractivity contribution is -0.134. The monoisotopic (exact) mass is 330 g/mol. The van der Waals surface area contributed by atoms with Crippen LogP contribution in [0.3, 0.4) is 0 Å². The molecular weight excluding hydrogens is 316 g/mol. The second-order valence-electron chi connectivity index (χ2n) is 5.10. The lowest BCUT2D eigenvalue weighted by Gasteiger charge is -2.10. The molecule has 0 fully saturated rings. The number of ether oxygens (including phenoxy) is 1. The highest BCUT2D eigenvalue weighted by Crippen LogP contribution is 2.18. The van der Waals surface area contributed by atoms with Crippen LogP contribution >= 0.6 is 11.6 Å². The third-order valence-corrected chi connectivity index (χ3v) is 3.80. The van der Waals surface area contributed by atoms with Gasteiger partial charge in [0.05, 0.1) is 6.42 Å². The van der Waals surface area contributed by atoms with Crippen molar-refractivity contribution in [1.29, 1.82) is 5.26 Å². The molecule has 6 heteroatoms. The van der Waals surface area contributed by atoms with E-state index in [-0.39, 0.29) is 12.0 Å². The summed E-state index contributed by atoms with van der Waals surface area (Å²) in [6.45, 7) is 3.45. The van der Waals surface area contributed by atoms with Crippen LogP contribution in [0.2, 0.25) is 5.02 Å². The summed E-state index contributed by atoms with van der Waals surface area (Å²) in [5, 5.41) is 9.60. The van der Waals surface area contributed by atoms with E-state index in [4.69, 9.17) is 21.6 Å². The Hall–Kier alpha value is -2.58. The van der Waals surface area contributed by atoms with Crippen LogP contribution in [-0.2, 0) is 11.2 Å². The lowest BCUT2D eigenvalue weighted by atomic mass is 9.99. The van der Waals surface area contributed by atoms with Crippen molar-refractivity contribution in [2.45, 2.75) is 26.7 Å². The molecule has 0 unspecified atom stereocenters. The van der Waals surface area contributed by atoms with Crippen LogP contribution in [0, 0.1) is 25.2 Å². The fraction of sp³-hybridized carbons (Fsp3) is 0.235. The van der Waals surface area contributed by atoms with Gasteiger partial charge in [0.1, 0.15) is 17.4 Å². The average Bonchev–Trinajstić information content (AvgIpc) is 2.49. The predicted octanol–water partition coefficient (Wildman–Crippen LogP) is 3.06. The molecule has 0 aliphatic rings. The number of halogens is 1. The third kappa shape index (κ3) is 3.99. The van der Waals surface area contributed by atoms with Crippen LogP contribution in [0.15, 0.2) is 29.1 Å². The molecule has 1 aromatic carbocycles. The van der Waals surface area contributed by atoms with Crippen molar-refractivity contribution in [3.63, 3.8) is 0 Å². The minimum absolute atomic E-state index is 0.0802. The van der Waals surface area contributed by atoms with Crippen LogP contribution in [0.25, 0.3) is 0 Å². The van der Waals surface area contributed by atoms with Crippen molar-refractivity contribution in [3.8, 4) is 11.8 Å². The van der Waals surface area contributed by atoms with Gasteiger partial charge in [-0.1, -0.05) is 11.6 Å². The maximum Gasteiger partial charge on any atom is 0.311 e. The standard InChI is InChI=1S/C17H15ClN2O3/c1-10-14(11(2)20-17(22)15(10)9-19)7-8-16(21)23-13-5-3-12(18)4-6-13/h3-6H,7-8H2,1-2H3,(H,20,22). The SMILES string of the molecule is Cc1[nH]c(=O)c(C#N)c(C)c1CCC(=O)Oc1ccc(Cl)cc1. The van der Waals surface area contributed by atoms with Gasteiger partial charge in [-0.3, -0.25) is 9.59 Å². The molecule has 2 aromatic rings. The van der Waals surface area contributed by atoms with Gasteiger partial charge in [0, 0.05) is 10.7 Å². The van der Waals surface area contributed by atoms with E-state index in [1.54, 1.807) is 38.1 Å². The molecule has 23 heavy (non-hydrogen) atoms. The van der Waals surface area contributed by atoms with Gasteiger partial charge in [0.25, 0.3) is 5.56 Å². The number of carbonyl (C=O) groups is 1. The first-order valence-electron chi connectivity index (χ1n) is 7.01. The Bertz CT molecular complexity index is 833. The molecule has 0 radical (unpaired) electrons. The zero-order chi connectivity index (χ0) is 17.0. The Morgan fingerprint density at radius 1 is 1.30 bits per heavy atom. The summed E-state index contributed by atoms with van der Waals surface area (Å²) < 4.78 is 5.22. The second kappa shape index (κ2) is 7.12. The van der Waals surface area contributed by atoms with Gasteiger partial charge in [0.2, 0.25) is 0 Å². The minimum Gasteiger partial charge on any atom is -0.427 e. The normalized spacial score (nSPS) is 10.2. The summed E-state index contributed by atoms with van der Waals surface area (Å²) in [6, 6.07) is 8.40. The van der Waals surface area contributed by atoms with Gasteiger partial charge in [-0.25, -0.2) is 0 Å². The van der Waals surface area contributed by atoms with Gasteiger partial charge in [0.15, 0.2) is 0 Å². The molecule has 0 aliphatic carbocycles. The molecule has 1 aromatic heterocycles. The topological polar surface area (TPSA) is 83.0 Å². The molecule has 0 saturated carbocycles. The van der Waals surface area contributed by atoms with E-state index >= 15 is 0 Å². The summed E-state index contributed by atoms with van der Waals surface area (Å²) in [6.07, 6.45) is 0.525. The van der Waals surface area contributed by atoms with Crippen molar-refractivity contribution >= 4 is 17.6 Å². The van der Waals surface area contributed by atoms with E-state index in [9.17, 15) is 9.59 Å². The van der Waals surface area contributed by atoms with Gasteiger partial charge >= 0.3 is 5.97 Å². The Kier molecular flexibility index (Phi) is 5.20. The van der Waals surface area contributed by atoms with Crippen molar-refractivity contribution in [3.05, 3.63) is 62.0 Å². The number of aryl methyl sites for hydroxylation is 1. The molecule has 118 valence electrons. The quantitative estimate of drug-likeness (QED) is 0.690. The molecule has 0 bridgehead atoms. The second-order valence-corrected chi connectivity index (χ2v) is 5.53. The van der Waals surface area contributed by atoms with Crippen LogP contribution in [0.1, 0.15) is 28.8 Å². The number of carbonyl (C=O) groups excluding carboxylic acids is 1. The minimum atomic E-state index is -0.407. The third-order valence-electron chi connectivity index (χ3n) is 3.54. The first-order chi connectivity index (χ1) is 10.9. The van der Waals surface area contributed by atoms with E-state index < -0.39 is 11.5 Å².